The zero-order valence-electron chi connectivity index (χ0n) is 16.9. The van der Waals surface area contributed by atoms with Crippen molar-refractivity contribution >= 4 is 11.6 Å². The highest BCUT2D eigenvalue weighted by atomic mass is 19.4. The van der Waals surface area contributed by atoms with Crippen LogP contribution in [0.4, 0.5) is 13.2 Å². The normalized spacial score (nSPS) is 15.6. The number of aromatic nitrogens is 3. The molecule has 10 heteroatoms. The second kappa shape index (κ2) is 8.27. The van der Waals surface area contributed by atoms with Gasteiger partial charge in [-0.05, 0) is 29.7 Å². The molecule has 1 atom stereocenters. The topological polar surface area (TPSA) is 74.0 Å². The average molecular weight is 433 g/mol. The summed E-state index contributed by atoms with van der Waals surface area (Å²) in [7, 11) is 1.52. The molecule has 3 aromatic rings. The maximum atomic E-state index is 12.8. The summed E-state index contributed by atoms with van der Waals surface area (Å²) in [5.41, 5.74) is 1.59. The van der Waals surface area contributed by atoms with E-state index in [0.29, 0.717) is 6.54 Å². The van der Waals surface area contributed by atoms with Gasteiger partial charge < -0.3 is 10.0 Å². The third-order valence-electron chi connectivity index (χ3n) is 5.34. The lowest BCUT2D eigenvalue weighted by atomic mass is 10.00. The highest BCUT2D eigenvalue weighted by Crippen LogP contribution is 2.27. The molecular weight excluding hydrogens is 411 g/mol. The van der Waals surface area contributed by atoms with Crippen LogP contribution in [-0.2, 0) is 19.1 Å². The van der Waals surface area contributed by atoms with E-state index < -0.39 is 23.9 Å². The molecule has 1 N–H and O–H groups in total. The van der Waals surface area contributed by atoms with Gasteiger partial charge in [-0.25, -0.2) is 9.50 Å². The molecule has 0 fully saturated rings. The Morgan fingerprint density at radius 3 is 2.71 bits per heavy atom. The molecule has 1 unspecified atom stereocenters. The molecule has 1 aliphatic rings. The van der Waals surface area contributed by atoms with E-state index in [4.69, 9.17) is 0 Å². The van der Waals surface area contributed by atoms with Crippen molar-refractivity contribution < 1.29 is 23.1 Å². The standard InChI is InChI=1S/C21H22F3N5O2/c1-27(11-16(30)12-28-9-8-14-4-2-3-5-15(14)10-28)20(31)17-13-29-19(25-17)7-6-18(26-29)21(22,23)24/h2-7,13,16,30H,8-12H2,1H3. The second-order valence-electron chi connectivity index (χ2n) is 7.74. The van der Waals surface area contributed by atoms with Crippen molar-refractivity contribution in [3.05, 3.63) is 65.1 Å². The van der Waals surface area contributed by atoms with Crippen molar-refractivity contribution in [2.75, 3.05) is 26.7 Å². The van der Waals surface area contributed by atoms with Crippen molar-refractivity contribution in [1.82, 2.24) is 24.4 Å². The molecule has 0 aliphatic carbocycles. The summed E-state index contributed by atoms with van der Waals surface area (Å²) < 4.78 is 39.4. The number of benzene rings is 1. The third-order valence-corrected chi connectivity index (χ3v) is 5.34. The van der Waals surface area contributed by atoms with E-state index in [1.165, 1.54) is 23.1 Å². The number of imidazole rings is 1. The lowest BCUT2D eigenvalue weighted by Gasteiger charge is -2.31. The molecule has 1 amide bonds. The largest absolute Gasteiger partial charge is 0.435 e. The van der Waals surface area contributed by atoms with Crippen molar-refractivity contribution in [3.8, 4) is 0 Å². The number of likely N-dealkylation sites (N-methyl/N-ethyl adjacent to an activating group) is 1. The molecule has 4 rings (SSSR count). The number of aliphatic hydroxyl groups excluding tert-OH is 1. The number of hydrogen-bond acceptors (Lipinski definition) is 5. The zero-order valence-corrected chi connectivity index (χ0v) is 16.9. The van der Waals surface area contributed by atoms with Crippen LogP contribution in [0.3, 0.4) is 0 Å². The highest BCUT2D eigenvalue weighted by Gasteiger charge is 2.33. The smallest absolute Gasteiger partial charge is 0.390 e. The van der Waals surface area contributed by atoms with Gasteiger partial charge in [0.1, 0.15) is 5.69 Å². The first-order valence-electron chi connectivity index (χ1n) is 9.87. The molecule has 1 aromatic carbocycles. The number of β-amino-alcohol motifs (C(OH)–C–C–N with tert-alkyl or cyclic N) is 1. The van der Waals surface area contributed by atoms with E-state index in [1.807, 2.05) is 12.1 Å². The maximum absolute atomic E-state index is 12.8. The summed E-state index contributed by atoms with van der Waals surface area (Å²) in [6.07, 6.45) is -3.28. The fraction of sp³-hybridized carbons (Fsp3) is 0.381. The minimum absolute atomic E-state index is 0.0339. The zero-order chi connectivity index (χ0) is 22.2. The average Bonchev–Trinajstić information content (AvgIpc) is 3.15. The number of fused-ring (bicyclic) bond motifs is 2. The van der Waals surface area contributed by atoms with Crippen molar-refractivity contribution in [2.45, 2.75) is 25.2 Å². The maximum Gasteiger partial charge on any atom is 0.435 e. The SMILES string of the molecule is CN(CC(O)CN1CCc2ccccc2C1)C(=O)c1cn2nc(C(F)(F)F)ccc2n1. The van der Waals surface area contributed by atoms with Gasteiger partial charge in [-0.15, -0.1) is 0 Å². The van der Waals surface area contributed by atoms with Gasteiger partial charge in [0.25, 0.3) is 5.91 Å². The summed E-state index contributed by atoms with van der Waals surface area (Å²) in [5, 5.41) is 14.0. The van der Waals surface area contributed by atoms with Crippen LogP contribution in [-0.4, -0.2) is 68.2 Å². The van der Waals surface area contributed by atoms with Crippen LogP contribution in [0, 0.1) is 0 Å². The summed E-state index contributed by atoms with van der Waals surface area (Å²) in [6, 6.07) is 10.2. The minimum Gasteiger partial charge on any atom is -0.390 e. The number of carbonyl (C=O) groups is 1. The van der Waals surface area contributed by atoms with E-state index in [0.717, 1.165) is 42.4 Å². The number of carbonyl (C=O) groups excluding carboxylic acids is 1. The molecule has 3 heterocycles. The molecule has 31 heavy (non-hydrogen) atoms. The molecule has 7 nitrogen and oxygen atoms in total. The van der Waals surface area contributed by atoms with Gasteiger partial charge in [0.15, 0.2) is 11.3 Å². The number of alkyl halides is 3. The Balaban J connectivity index is 1.38. The van der Waals surface area contributed by atoms with Gasteiger partial charge >= 0.3 is 6.18 Å². The second-order valence-corrected chi connectivity index (χ2v) is 7.74. The summed E-state index contributed by atoms with van der Waals surface area (Å²) in [5.74, 6) is -0.498. The van der Waals surface area contributed by atoms with Gasteiger partial charge in [0.05, 0.1) is 12.3 Å². The van der Waals surface area contributed by atoms with Gasteiger partial charge in [-0.3, -0.25) is 9.69 Å². The van der Waals surface area contributed by atoms with Crippen LogP contribution in [0.5, 0.6) is 0 Å². The van der Waals surface area contributed by atoms with E-state index in [9.17, 15) is 23.1 Å². The summed E-state index contributed by atoms with van der Waals surface area (Å²) in [4.78, 5) is 20.2. The molecule has 2 aromatic heterocycles. The van der Waals surface area contributed by atoms with Crippen LogP contribution in [0.25, 0.3) is 5.65 Å². The summed E-state index contributed by atoms with van der Waals surface area (Å²) >= 11 is 0. The van der Waals surface area contributed by atoms with Crippen LogP contribution in [0.2, 0.25) is 0 Å². The van der Waals surface area contributed by atoms with Crippen LogP contribution < -0.4 is 0 Å². The van der Waals surface area contributed by atoms with Gasteiger partial charge in [-0.2, -0.15) is 18.3 Å². The predicted octanol–water partition coefficient (Wildman–Crippen LogP) is 2.24. The molecular formula is C21H22F3N5O2. The number of amides is 1. The predicted molar refractivity (Wildman–Crippen MR) is 106 cm³/mol. The molecule has 0 saturated carbocycles. The first-order chi connectivity index (χ1) is 14.7. The number of nitrogens with zero attached hydrogens (tertiary/aromatic N) is 5. The Bertz CT molecular complexity index is 1100. The lowest BCUT2D eigenvalue weighted by Crippen LogP contribution is -2.42. The van der Waals surface area contributed by atoms with E-state index in [-0.39, 0.29) is 17.9 Å². The van der Waals surface area contributed by atoms with Crippen molar-refractivity contribution in [2.24, 2.45) is 0 Å². The molecule has 0 saturated heterocycles. The molecule has 0 spiro atoms. The molecule has 1 aliphatic heterocycles. The van der Waals surface area contributed by atoms with E-state index in [1.54, 1.807) is 0 Å². The first kappa shape index (κ1) is 21.3. The Morgan fingerprint density at radius 2 is 1.97 bits per heavy atom. The van der Waals surface area contributed by atoms with E-state index in [2.05, 4.69) is 27.1 Å². The molecule has 164 valence electrons. The number of rotatable bonds is 5. The minimum atomic E-state index is -4.58. The Morgan fingerprint density at radius 1 is 1.23 bits per heavy atom. The van der Waals surface area contributed by atoms with Gasteiger partial charge in [-0.1, -0.05) is 24.3 Å². The van der Waals surface area contributed by atoms with Crippen molar-refractivity contribution in [3.63, 3.8) is 0 Å². The lowest BCUT2D eigenvalue weighted by molar-refractivity contribution is -0.141. The van der Waals surface area contributed by atoms with Gasteiger partial charge in [0.2, 0.25) is 0 Å². The van der Waals surface area contributed by atoms with Crippen LogP contribution in [0.1, 0.15) is 27.3 Å². The highest BCUT2D eigenvalue weighted by molar-refractivity contribution is 5.92. The van der Waals surface area contributed by atoms with E-state index >= 15 is 0 Å². The van der Waals surface area contributed by atoms with Gasteiger partial charge in [0, 0.05) is 33.2 Å². The number of halogens is 3. The number of aliphatic hydroxyl groups is 1. The Kier molecular flexibility index (Phi) is 5.67. The quantitative estimate of drug-likeness (QED) is 0.668. The fourth-order valence-corrected chi connectivity index (χ4v) is 3.80. The Labute approximate surface area is 176 Å². The summed E-state index contributed by atoms with van der Waals surface area (Å²) in [6.45, 7) is 2.05. The first-order valence-corrected chi connectivity index (χ1v) is 9.87. The molecule has 0 radical (unpaired) electrons. The Hall–Kier alpha value is -2.98. The molecule has 0 bridgehead atoms. The number of hydrogen-bond donors (Lipinski definition) is 1. The van der Waals surface area contributed by atoms with Crippen LogP contribution in [0.15, 0.2) is 42.6 Å². The van der Waals surface area contributed by atoms with Crippen LogP contribution >= 0.6 is 0 Å². The van der Waals surface area contributed by atoms with Crippen molar-refractivity contribution in [1.29, 1.82) is 0 Å². The fourth-order valence-electron chi connectivity index (χ4n) is 3.80. The monoisotopic (exact) mass is 433 g/mol. The third kappa shape index (κ3) is 4.70.